The summed E-state index contributed by atoms with van der Waals surface area (Å²) in [5.74, 6) is 0. The predicted molar refractivity (Wildman–Crippen MR) is 54.1 cm³/mol. The zero-order chi connectivity index (χ0) is 9.42. The van der Waals surface area contributed by atoms with Crippen molar-refractivity contribution in [2.24, 2.45) is 0 Å². The number of pyridine rings is 1. The number of benzene rings is 1. The molecule has 3 heteroatoms. The molecule has 66 valence electrons. The SMILES string of the molecule is Cc1cc(N)c2cc(N)ccc2[nH+]1. The maximum Gasteiger partial charge on any atom is 0.213 e. The Hall–Kier alpha value is -1.77. The highest BCUT2D eigenvalue weighted by atomic mass is 14.7. The van der Waals surface area contributed by atoms with Crippen molar-refractivity contribution >= 4 is 22.3 Å². The molecule has 0 fully saturated rings. The Balaban J connectivity index is 2.87. The number of hydrogen-bond donors (Lipinski definition) is 2. The first-order chi connectivity index (χ1) is 6.16. The van der Waals surface area contributed by atoms with Gasteiger partial charge in [0, 0.05) is 24.7 Å². The lowest BCUT2D eigenvalue weighted by molar-refractivity contribution is -0.354. The summed E-state index contributed by atoms with van der Waals surface area (Å²) < 4.78 is 0. The zero-order valence-corrected chi connectivity index (χ0v) is 7.46. The second-order valence-corrected chi connectivity index (χ2v) is 3.21. The Labute approximate surface area is 76.4 Å². The van der Waals surface area contributed by atoms with E-state index in [4.69, 9.17) is 11.5 Å². The molecular weight excluding hydrogens is 162 g/mol. The summed E-state index contributed by atoms with van der Waals surface area (Å²) in [6.07, 6.45) is 0. The summed E-state index contributed by atoms with van der Waals surface area (Å²) in [4.78, 5) is 3.22. The maximum absolute atomic E-state index is 5.85. The van der Waals surface area contributed by atoms with E-state index in [2.05, 4.69) is 4.98 Å². The molecule has 0 aliphatic carbocycles. The van der Waals surface area contributed by atoms with Crippen LogP contribution >= 0.6 is 0 Å². The number of nitrogens with two attached hydrogens (primary N) is 2. The second kappa shape index (κ2) is 2.62. The summed E-state index contributed by atoms with van der Waals surface area (Å²) in [5.41, 5.74) is 15.1. The largest absolute Gasteiger partial charge is 0.399 e. The molecule has 0 spiro atoms. The quantitative estimate of drug-likeness (QED) is 0.588. The van der Waals surface area contributed by atoms with Crippen LogP contribution in [0.2, 0.25) is 0 Å². The number of H-pyrrole nitrogens is 1. The molecule has 5 N–H and O–H groups in total. The van der Waals surface area contributed by atoms with Gasteiger partial charge in [0.15, 0.2) is 5.69 Å². The minimum atomic E-state index is 0.733. The molecule has 0 unspecified atom stereocenters. The number of fused-ring (bicyclic) bond motifs is 1. The Morgan fingerprint density at radius 3 is 2.69 bits per heavy atom. The monoisotopic (exact) mass is 174 g/mol. The molecule has 0 amide bonds. The molecule has 13 heavy (non-hydrogen) atoms. The fraction of sp³-hybridized carbons (Fsp3) is 0.100. The van der Waals surface area contributed by atoms with Crippen LogP contribution in [0.1, 0.15) is 5.69 Å². The number of nitrogen functional groups attached to an aromatic ring is 2. The number of aromatic amines is 1. The topological polar surface area (TPSA) is 66.2 Å². The van der Waals surface area contributed by atoms with Crippen molar-refractivity contribution in [3.05, 3.63) is 30.0 Å². The third-order valence-electron chi connectivity index (χ3n) is 2.06. The number of rotatable bonds is 0. The molecule has 0 saturated carbocycles. The minimum Gasteiger partial charge on any atom is -0.399 e. The maximum atomic E-state index is 5.85. The Kier molecular flexibility index (Phi) is 1.59. The first-order valence-electron chi connectivity index (χ1n) is 4.14. The van der Waals surface area contributed by atoms with Gasteiger partial charge in [-0.3, -0.25) is 0 Å². The molecule has 1 aromatic carbocycles. The third-order valence-corrected chi connectivity index (χ3v) is 2.06. The molecule has 0 aliphatic rings. The van der Waals surface area contributed by atoms with Crippen LogP contribution in [0.3, 0.4) is 0 Å². The first kappa shape index (κ1) is 7.86. The van der Waals surface area contributed by atoms with Crippen molar-refractivity contribution in [2.45, 2.75) is 6.92 Å². The van der Waals surface area contributed by atoms with Gasteiger partial charge in [0.05, 0.1) is 11.1 Å². The molecule has 3 nitrogen and oxygen atoms in total. The molecular formula is C10H12N3+. The van der Waals surface area contributed by atoms with E-state index in [1.807, 2.05) is 31.2 Å². The van der Waals surface area contributed by atoms with Crippen LogP contribution in [-0.2, 0) is 0 Å². The van der Waals surface area contributed by atoms with Crippen molar-refractivity contribution in [1.82, 2.24) is 0 Å². The van der Waals surface area contributed by atoms with E-state index >= 15 is 0 Å². The number of hydrogen-bond acceptors (Lipinski definition) is 2. The number of anilines is 2. The van der Waals surface area contributed by atoms with Crippen molar-refractivity contribution in [1.29, 1.82) is 0 Å². The van der Waals surface area contributed by atoms with Gasteiger partial charge in [0.25, 0.3) is 0 Å². The summed E-state index contributed by atoms with van der Waals surface area (Å²) >= 11 is 0. The molecule has 0 radical (unpaired) electrons. The number of aryl methyl sites for hydroxylation is 1. The Morgan fingerprint density at radius 2 is 1.92 bits per heavy atom. The highest BCUT2D eigenvalue weighted by Crippen LogP contribution is 2.19. The summed E-state index contributed by atoms with van der Waals surface area (Å²) in [7, 11) is 0. The average molecular weight is 174 g/mol. The number of nitrogens with one attached hydrogen (secondary N) is 1. The lowest BCUT2D eigenvalue weighted by atomic mass is 10.1. The zero-order valence-electron chi connectivity index (χ0n) is 7.46. The average Bonchev–Trinajstić information content (AvgIpc) is 2.06. The highest BCUT2D eigenvalue weighted by molar-refractivity contribution is 5.90. The van der Waals surface area contributed by atoms with Gasteiger partial charge in [-0.25, -0.2) is 4.98 Å². The van der Waals surface area contributed by atoms with Crippen molar-refractivity contribution < 1.29 is 4.98 Å². The van der Waals surface area contributed by atoms with E-state index in [0.717, 1.165) is 28.0 Å². The normalized spacial score (nSPS) is 10.5. The van der Waals surface area contributed by atoms with Gasteiger partial charge in [-0.1, -0.05) is 0 Å². The summed E-state index contributed by atoms with van der Waals surface area (Å²) in [6.45, 7) is 1.98. The summed E-state index contributed by atoms with van der Waals surface area (Å²) in [6, 6.07) is 7.58. The predicted octanol–water partition coefficient (Wildman–Crippen LogP) is 1.13. The van der Waals surface area contributed by atoms with Crippen molar-refractivity contribution in [3.8, 4) is 0 Å². The Morgan fingerprint density at radius 1 is 1.15 bits per heavy atom. The molecule has 0 bridgehead atoms. The number of aromatic nitrogens is 1. The van der Waals surface area contributed by atoms with Crippen LogP contribution in [0.15, 0.2) is 24.3 Å². The van der Waals surface area contributed by atoms with Crippen LogP contribution in [0.4, 0.5) is 11.4 Å². The van der Waals surface area contributed by atoms with E-state index in [9.17, 15) is 0 Å². The van der Waals surface area contributed by atoms with E-state index in [1.165, 1.54) is 0 Å². The first-order valence-corrected chi connectivity index (χ1v) is 4.14. The third kappa shape index (κ3) is 1.28. The van der Waals surface area contributed by atoms with Crippen molar-refractivity contribution in [2.75, 3.05) is 11.5 Å². The fourth-order valence-electron chi connectivity index (χ4n) is 1.47. The van der Waals surface area contributed by atoms with Crippen LogP contribution in [0, 0.1) is 6.92 Å². The van der Waals surface area contributed by atoms with Crippen LogP contribution < -0.4 is 16.5 Å². The molecule has 0 atom stereocenters. The molecule has 0 saturated heterocycles. The fourth-order valence-corrected chi connectivity index (χ4v) is 1.47. The van der Waals surface area contributed by atoms with Crippen molar-refractivity contribution in [3.63, 3.8) is 0 Å². The lowest BCUT2D eigenvalue weighted by Crippen LogP contribution is -2.10. The molecule has 2 rings (SSSR count). The van der Waals surface area contributed by atoms with Gasteiger partial charge < -0.3 is 11.5 Å². The second-order valence-electron chi connectivity index (χ2n) is 3.21. The van der Waals surface area contributed by atoms with E-state index in [0.29, 0.717) is 0 Å². The molecule has 1 heterocycles. The van der Waals surface area contributed by atoms with E-state index in [1.54, 1.807) is 0 Å². The van der Waals surface area contributed by atoms with Crippen LogP contribution in [0.5, 0.6) is 0 Å². The Bertz CT molecular complexity index is 463. The van der Waals surface area contributed by atoms with E-state index in [-0.39, 0.29) is 0 Å². The van der Waals surface area contributed by atoms with Gasteiger partial charge in [-0.15, -0.1) is 0 Å². The molecule has 2 aromatic rings. The molecule has 0 aliphatic heterocycles. The van der Waals surface area contributed by atoms with Gasteiger partial charge in [0.2, 0.25) is 5.52 Å². The van der Waals surface area contributed by atoms with Gasteiger partial charge in [-0.2, -0.15) is 0 Å². The standard InChI is InChI=1S/C10H11N3/c1-6-4-9(12)8-5-7(11)2-3-10(8)13-6/h2-5H,11H2,1H3,(H2,12,13)/p+1. The van der Waals surface area contributed by atoms with E-state index < -0.39 is 0 Å². The lowest BCUT2D eigenvalue weighted by Gasteiger charge is -1.99. The van der Waals surface area contributed by atoms with Gasteiger partial charge in [-0.05, 0) is 12.1 Å². The van der Waals surface area contributed by atoms with Crippen LogP contribution in [-0.4, -0.2) is 0 Å². The molecule has 1 aromatic heterocycles. The van der Waals surface area contributed by atoms with Crippen LogP contribution in [0.25, 0.3) is 10.9 Å². The minimum absolute atomic E-state index is 0.733. The smallest absolute Gasteiger partial charge is 0.213 e. The van der Waals surface area contributed by atoms with Gasteiger partial charge >= 0.3 is 0 Å². The highest BCUT2D eigenvalue weighted by Gasteiger charge is 2.06. The summed E-state index contributed by atoms with van der Waals surface area (Å²) in [5, 5.41) is 0.977. The van der Waals surface area contributed by atoms with Gasteiger partial charge in [0.1, 0.15) is 0 Å².